The molecule has 21 heavy (non-hydrogen) atoms. The van der Waals surface area contributed by atoms with Crippen LogP contribution in [0.3, 0.4) is 0 Å². The van der Waals surface area contributed by atoms with E-state index in [9.17, 15) is 19.8 Å². The van der Waals surface area contributed by atoms with Crippen molar-refractivity contribution in [2.24, 2.45) is 0 Å². The summed E-state index contributed by atoms with van der Waals surface area (Å²) in [5.74, 6) is -0.129. The van der Waals surface area contributed by atoms with E-state index in [1.165, 1.54) is 14.8 Å². The van der Waals surface area contributed by atoms with Gasteiger partial charge >= 0.3 is 11.0 Å². The van der Waals surface area contributed by atoms with Gasteiger partial charge in [-0.3, -0.25) is 9.36 Å². The van der Waals surface area contributed by atoms with Crippen molar-refractivity contribution in [1.82, 2.24) is 9.47 Å². The van der Waals surface area contributed by atoms with Gasteiger partial charge in [0.05, 0.1) is 30.6 Å². The molecule has 1 aliphatic heterocycles. The fourth-order valence-electron chi connectivity index (χ4n) is 2.31. The van der Waals surface area contributed by atoms with Crippen molar-refractivity contribution >= 4 is 17.4 Å². The van der Waals surface area contributed by atoms with Gasteiger partial charge in [0.2, 0.25) is 5.88 Å². The van der Waals surface area contributed by atoms with E-state index in [1.807, 2.05) is 0 Å². The van der Waals surface area contributed by atoms with Crippen LogP contribution >= 0.6 is 11.3 Å². The number of aromatic nitrogens is 1. The van der Waals surface area contributed by atoms with Gasteiger partial charge in [0.1, 0.15) is 5.60 Å². The van der Waals surface area contributed by atoms with Crippen molar-refractivity contribution in [3.63, 3.8) is 0 Å². The van der Waals surface area contributed by atoms with Gasteiger partial charge in [-0.2, -0.15) is 0 Å². The zero-order valence-corrected chi connectivity index (χ0v) is 13.1. The highest BCUT2D eigenvalue weighted by Crippen LogP contribution is 2.23. The van der Waals surface area contributed by atoms with Gasteiger partial charge in [-0.05, 0) is 27.2 Å². The van der Waals surface area contributed by atoms with Gasteiger partial charge in [0.25, 0.3) is 0 Å². The lowest BCUT2D eigenvalue weighted by atomic mass is 10.2. The molecule has 0 spiro atoms. The molecule has 1 fully saturated rings. The van der Waals surface area contributed by atoms with Crippen LogP contribution in [-0.4, -0.2) is 50.1 Å². The Bertz CT molecular complexity index is 574. The summed E-state index contributed by atoms with van der Waals surface area (Å²) in [4.78, 5) is 24.9. The lowest BCUT2D eigenvalue weighted by molar-refractivity contribution is 0.0195. The molecule has 1 aliphatic rings. The number of likely N-dealkylation sites (tertiary alicyclic amines) is 1. The maximum Gasteiger partial charge on any atom is 0.410 e. The van der Waals surface area contributed by atoms with Crippen LogP contribution in [0.15, 0.2) is 10.2 Å². The number of carbonyl (C=O) groups excluding carboxylic acids is 1. The second-order valence-electron chi connectivity index (χ2n) is 6.15. The van der Waals surface area contributed by atoms with E-state index in [-0.39, 0.29) is 29.9 Å². The maximum atomic E-state index is 12.2. The molecule has 118 valence electrons. The van der Waals surface area contributed by atoms with Crippen LogP contribution < -0.4 is 4.87 Å². The number of rotatable bonds is 2. The molecule has 0 radical (unpaired) electrons. The molecule has 1 saturated heterocycles. The van der Waals surface area contributed by atoms with Gasteiger partial charge in [-0.1, -0.05) is 11.3 Å². The molecular weight excluding hydrogens is 296 g/mol. The fraction of sp³-hybridized carbons (Fsp3) is 0.692. The third kappa shape index (κ3) is 3.76. The minimum Gasteiger partial charge on any atom is -0.494 e. The Morgan fingerprint density at radius 3 is 2.71 bits per heavy atom. The van der Waals surface area contributed by atoms with E-state index in [2.05, 4.69) is 0 Å². The molecular formula is C13H20N2O5S. The van der Waals surface area contributed by atoms with E-state index in [4.69, 9.17) is 4.74 Å². The third-order valence-corrected chi connectivity index (χ3v) is 3.93. The largest absolute Gasteiger partial charge is 0.494 e. The number of aromatic hydroxyl groups is 1. The first-order chi connectivity index (χ1) is 9.67. The molecule has 7 nitrogen and oxygen atoms in total. The summed E-state index contributed by atoms with van der Waals surface area (Å²) in [5.41, 5.74) is -0.628. The number of aliphatic hydroxyl groups excluding tert-OH is 1. The van der Waals surface area contributed by atoms with Crippen LogP contribution in [0.2, 0.25) is 0 Å². The van der Waals surface area contributed by atoms with Gasteiger partial charge in [-0.25, -0.2) is 4.79 Å². The van der Waals surface area contributed by atoms with Crippen LogP contribution in [0.4, 0.5) is 4.79 Å². The average Bonchev–Trinajstić information content (AvgIpc) is 2.85. The number of thiazole rings is 1. The van der Waals surface area contributed by atoms with Crippen molar-refractivity contribution in [3.8, 4) is 5.88 Å². The van der Waals surface area contributed by atoms with Crippen molar-refractivity contribution in [2.45, 2.75) is 51.5 Å². The molecule has 0 saturated carbocycles. The normalized spacial score (nSPS) is 22.6. The number of carbonyl (C=O) groups is 1. The third-order valence-electron chi connectivity index (χ3n) is 3.18. The minimum atomic E-state index is -0.654. The van der Waals surface area contributed by atoms with E-state index in [0.29, 0.717) is 6.42 Å². The Hall–Kier alpha value is -1.54. The van der Waals surface area contributed by atoms with Gasteiger partial charge in [0, 0.05) is 0 Å². The van der Waals surface area contributed by atoms with Crippen LogP contribution in [0.25, 0.3) is 0 Å². The Morgan fingerprint density at radius 1 is 1.52 bits per heavy atom. The van der Waals surface area contributed by atoms with Gasteiger partial charge in [0.15, 0.2) is 0 Å². The quantitative estimate of drug-likeness (QED) is 0.849. The molecule has 0 aromatic carbocycles. The number of hydrogen-bond acceptors (Lipinski definition) is 6. The van der Waals surface area contributed by atoms with Crippen molar-refractivity contribution in [3.05, 3.63) is 15.0 Å². The molecule has 0 unspecified atom stereocenters. The molecule has 0 bridgehead atoms. The second-order valence-corrected chi connectivity index (χ2v) is 6.97. The summed E-state index contributed by atoms with van der Waals surface area (Å²) in [7, 11) is 0. The summed E-state index contributed by atoms with van der Waals surface area (Å²) in [6.07, 6.45) is -0.827. The standard InChI is InChI=1S/C13H20N2O5S/c1-13(2,3)20-11(18)14-6-9(16)4-8(14)5-15-10(17)7-21-12(15)19/h7-9,16-17H,4-6H2,1-3H3/t8-,9+/m0/s1. The summed E-state index contributed by atoms with van der Waals surface area (Å²) in [6.45, 7) is 5.61. The lowest BCUT2D eigenvalue weighted by Gasteiger charge is -2.28. The molecule has 8 heteroatoms. The van der Waals surface area contributed by atoms with Gasteiger partial charge < -0.3 is 19.8 Å². The number of ether oxygens (including phenoxy) is 1. The topological polar surface area (TPSA) is 92.0 Å². The van der Waals surface area contributed by atoms with Gasteiger partial charge in [-0.15, -0.1) is 0 Å². The number of hydrogen-bond donors (Lipinski definition) is 2. The first kappa shape index (κ1) is 15.8. The lowest BCUT2D eigenvalue weighted by Crippen LogP contribution is -2.42. The smallest absolute Gasteiger partial charge is 0.410 e. The first-order valence-electron chi connectivity index (χ1n) is 6.72. The molecule has 0 aliphatic carbocycles. The minimum absolute atomic E-state index is 0.129. The zero-order chi connectivity index (χ0) is 15.8. The monoisotopic (exact) mass is 316 g/mol. The van der Waals surface area contributed by atoms with Crippen molar-refractivity contribution in [2.75, 3.05) is 6.54 Å². The Labute approximate surface area is 126 Å². The Balaban J connectivity index is 2.14. The van der Waals surface area contributed by atoms with E-state index < -0.39 is 17.8 Å². The molecule has 1 aromatic heterocycles. The van der Waals surface area contributed by atoms with E-state index in [0.717, 1.165) is 11.3 Å². The van der Waals surface area contributed by atoms with Crippen molar-refractivity contribution < 1.29 is 19.7 Å². The predicted octanol–water partition coefficient (Wildman–Crippen LogP) is 0.986. The Kier molecular flexibility index (Phi) is 4.29. The fourth-order valence-corrected chi connectivity index (χ4v) is 2.94. The molecule has 2 atom stereocenters. The van der Waals surface area contributed by atoms with Crippen LogP contribution in [0, 0.1) is 0 Å². The molecule has 1 amide bonds. The summed E-state index contributed by atoms with van der Waals surface area (Å²) in [5, 5.41) is 20.8. The molecule has 2 rings (SSSR count). The SMILES string of the molecule is CC(C)(C)OC(=O)N1C[C@H](O)C[C@H]1Cn1c(O)csc1=O. The van der Waals surface area contributed by atoms with Crippen molar-refractivity contribution in [1.29, 1.82) is 0 Å². The Morgan fingerprint density at radius 2 is 2.19 bits per heavy atom. The highest BCUT2D eigenvalue weighted by Gasteiger charge is 2.37. The summed E-state index contributed by atoms with van der Waals surface area (Å²) >= 11 is 0.895. The van der Waals surface area contributed by atoms with E-state index >= 15 is 0 Å². The van der Waals surface area contributed by atoms with Crippen LogP contribution in [-0.2, 0) is 11.3 Å². The number of β-amino-alcohol motifs (C(OH)–C–C–N with tert-alkyl or cyclic N) is 1. The average molecular weight is 316 g/mol. The van der Waals surface area contributed by atoms with Crippen LogP contribution in [0.5, 0.6) is 5.88 Å². The van der Waals surface area contributed by atoms with E-state index in [1.54, 1.807) is 20.8 Å². The number of amides is 1. The number of aliphatic hydroxyl groups is 1. The highest BCUT2D eigenvalue weighted by molar-refractivity contribution is 7.07. The summed E-state index contributed by atoms with van der Waals surface area (Å²) in [6, 6.07) is -0.381. The summed E-state index contributed by atoms with van der Waals surface area (Å²) < 4.78 is 6.51. The second kappa shape index (κ2) is 5.69. The van der Waals surface area contributed by atoms with Crippen LogP contribution in [0.1, 0.15) is 27.2 Å². The zero-order valence-electron chi connectivity index (χ0n) is 12.3. The number of nitrogens with zero attached hydrogens (tertiary/aromatic N) is 2. The predicted molar refractivity (Wildman–Crippen MR) is 77.6 cm³/mol. The molecule has 1 aromatic rings. The molecule has 2 N–H and O–H groups in total. The maximum absolute atomic E-state index is 12.2. The molecule has 2 heterocycles. The highest BCUT2D eigenvalue weighted by atomic mass is 32.1. The first-order valence-corrected chi connectivity index (χ1v) is 7.60.